The van der Waals surface area contributed by atoms with Crippen molar-refractivity contribution in [3.8, 4) is 0 Å². The normalized spacial score (nSPS) is 27.2. The maximum Gasteiger partial charge on any atom is 0.227 e. The molecule has 1 aromatic rings. The fourth-order valence-electron chi connectivity index (χ4n) is 4.26. The fraction of sp³-hybridized carbons (Fsp3) is 0.571. The van der Waals surface area contributed by atoms with Crippen LogP contribution in [0.3, 0.4) is 0 Å². The molecule has 0 unspecified atom stereocenters. The number of hydrogen-bond donors (Lipinski definition) is 0. The lowest BCUT2D eigenvalue weighted by atomic mass is 10.1. The second-order valence-corrected chi connectivity index (χ2v) is 11.7. The summed E-state index contributed by atoms with van der Waals surface area (Å²) in [6.07, 6.45) is 3.17. The lowest BCUT2D eigenvalue weighted by Gasteiger charge is -2.29. The van der Waals surface area contributed by atoms with Crippen LogP contribution in [0.5, 0.6) is 0 Å². The number of amides is 1. The van der Waals surface area contributed by atoms with E-state index >= 15 is 0 Å². The van der Waals surface area contributed by atoms with Gasteiger partial charge >= 0.3 is 0 Å². The van der Waals surface area contributed by atoms with E-state index in [-0.39, 0.29) is 45.2 Å². The quantitative estimate of drug-likeness (QED) is 0.656. The number of carbonyl (C=O) groups excluding carboxylic acids is 1. The highest BCUT2D eigenvalue weighted by Gasteiger charge is 2.62. The Hall–Kier alpha value is -1.04. The molecule has 3 rings (SSSR count). The topological polar surface area (TPSA) is 54.5 Å². The first-order valence-electron chi connectivity index (χ1n) is 9.66. The zero-order valence-corrected chi connectivity index (χ0v) is 18.8. The molecule has 1 aromatic carbocycles. The van der Waals surface area contributed by atoms with E-state index in [1.165, 1.54) is 5.56 Å². The Morgan fingerprint density at radius 2 is 1.82 bits per heavy atom. The molecule has 2 fully saturated rings. The monoisotopic (exact) mass is 443 g/mol. The smallest absolute Gasteiger partial charge is 0.227 e. The van der Waals surface area contributed by atoms with Crippen LogP contribution in [0.15, 0.2) is 34.8 Å². The van der Waals surface area contributed by atoms with E-state index in [9.17, 15) is 13.2 Å². The van der Waals surface area contributed by atoms with E-state index in [2.05, 4.69) is 19.1 Å². The van der Waals surface area contributed by atoms with E-state index in [4.69, 9.17) is 23.2 Å². The zero-order valence-electron chi connectivity index (χ0n) is 16.5. The maximum atomic E-state index is 13.5. The molecule has 1 aliphatic carbocycles. The van der Waals surface area contributed by atoms with Gasteiger partial charge in [-0.3, -0.25) is 4.79 Å². The summed E-state index contributed by atoms with van der Waals surface area (Å²) in [5.74, 6) is -0.106. The first kappa shape index (κ1) is 21.7. The predicted molar refractivity (Wildman–Crippen MR) is 114 cm³/mol. The summed E-state index contributed by atoms with van der Waals surface area (Å²) in [7, 11) is -3.09. The molecule has 0 radical (unpaired) electrons. The highest BCUT2D eigenvalue weighted by molar-refractivity contribution is 7.91. The summed E-state index contributed by atoms with van der Waals surface area (Å²) >= 11 is 11.7. The Morgan fingerprint density at radius 1 is 1.21 bits per heavy atom. The van der Waals surface area contributed by atoms with Crippen LogP contribution in [0.25, 0.3) is 0 Å². The van der Waals surface area contributed by atoms with Crippen LogP contribution in [0, 0.1) is 17.3 Å². The second-order valence-electron chi connectivity index (χ2n) is 8.47. The SMILES string of the molecule is CCc1ccc(CN(C(=O)[C@@H]2[C@@H](C=C(Cl)Cl)C2(C)C)[C@H]2CCS(=O)(=O)C2)cc1. The van der Waals surface area contributed by atoms with Gasteiger partial charge in [0.1, 0.15) is 4.49 Å². The lowest BCUT2D eigenvalue weighted by molar-refractivity contribution is -0.136. The predicted octanol–water partition coefficient (Wildman–Crippen LogP) is 4.36. The fourth-order valence-corrected chi connectivity index (χ4v) is 6.26. The summed E-state index contributed by atoms with van der Waals surface area (Å²) in [4.78, 5) is 15.2. The molecule has 28 heavy (non-hydrogen) atoms. The molecule has 1 saturated carbocycles. The molecule has 1 aliphatic heterocycles. The minimum absolute atomic E-state index is 0.0116. The molecular weight excluding hydrogens is 417 g/mol. The van der Waals surface area contributed by atoms with E-state index in [0.717, 1.165) is 12.0 Å². The summed E-state index contributed by atoms with van der Waals surface area (Å²) in [6, 6.07) is 7.88. The van der Waals surface area contributed by atoms with Gasteiger partial charge in [0.2, 0.25) is 5.91 Å². The third kappa shape index (κ3) is 4.58. The first-order valence-corrected chi connectivity index (χ1v) is 12.2. The molecule has 7 heteroatoms. The largest absolute Gasteiger partial charge is 0.334 e. The average Bonchev–Trinajstić information content (AvgIpc) is 2.95. The molecule has 1 saturated heterocycles. The van der Waals surface area contributed by atoms with Gasteiger partial charge in [0.05, 0.1) is 17.4 Å². The number of halogens is 2. The standard InChI is InChI=1S/C21H27Cl2NO3S/c1-4-14-5-7-15(8-6-14)12-24(16-9-10-28(26,27)13-16)20(25)19-17(11-18(22)23)21(19,2)3/h5-8,11,16-17,19H,4,9-10,12-13H2,1-3H3/t16-,17+,19-/m0/s1. The summed E-state index contributed by atoms with van der Waals surface area (Å²) in [5, 5.41) is 0. The van der Waals surface area contributed by atoms with E-state index in [1.54, 1.807) is 11.0 Å². The van der Waals surface area contributed by atoms with Crippen LogP contribution in [-0.2, 0) is 27.6 Å². The summed E-state index contributed by atoms with van der Waals surface area (Å²) in [5.41, 5.74) is 2.00. The first-order chi connectivity index (χ1) is 13.0. The molecule has 1 amide bonds. The number of nitrogens with zero attached hydrogens (tertiary/aromatic N) is 1. The number of aryl methyl sites for hydroxylation is 1. The Labute approximate surface area is 177 Å². The Bertz CT molecular complexity index is 873. The highest BCUT2D eigenvalue weighted by Crippen LogP contribution is 2.60. The molecule has 154 valence electrons. The van der Waals surface area contributed by atoms with E-state index in [0.29, 0.717) is 13.0 Å². The number of sulfone groups is 1. The number of benzene rings is 1. The van der Waals surface area contributed by atoms with Crippen LogP contribution in [-0.4, -0.2) is 36.8 Å². The molecule has 2 aliphatic rings. The number of carbonyl (C=O) groups is 1. The Balaban J connectivity index is 1.86. The second kappa shape index (κ2) is 8.00. The third-order valence-corrected chi connectivity index (χ3v) is 8.20. The van der Waals surface area contributed by atoms with Gasteiger partial charge in [-0.1, -0.05) is 68.2 Å². The van der Waals surface area contributed by atoms with Gasteiger partial charge in [-0.25, -0.2) is 8.42 Å². The number of rotatable bonds is 6. The van der Waals surface area contributed by atoms with E-state index in [1.807, 2.05) is 26.0 Å². The molecule has 0 aromatic heterocycles. The van der Waals surface area contributed by atoms with Gasteiger partial charge in [0.15, 0.2) is 9.84 Å². The van der Waals surface area contributed by atoms with Gasteiger partial charge in [-0.15, -0.1) is 0 Å². The van der Waals surface area contributed by atoms with Crippen LogP contribution in [0.1, 0.15) is 38.3 Å². The number of allylic oxidation sites excluding steroid dienone is 1. The van der Waals surface area contributed by atoms with Gasteiger partial charge in [-0.05, 0) is 41.4 Å². The van der Waals surface area contributed by atoms with Crippen molar-refractivity contribution in [3.05, 3.63) is 46.0 Å². The van der Waals surface area contributed by atoms with Gasteiger partial charge in [0.25, 0.3) is 0 Å². The molecule has 3 atom stereocenters. The van der Waals surface area contributed by atoms with Crippen LogP contribution < -0.4 is 0 Å². The average molecular weight is 444 g/mol. The molecule has 0 bridgehead atoms. The van der Waals surface area contributed by atoms with Gasteiger partial charge in [0, 0.05) is 12.6 Å². The van der Waals surface area contributed by atoms with Crippen molar-refractivity contribution in [2.75, 3.05) is 11.5 Å². The zero-order chi connectivity index (χ0) is 20.7. The van der Waals surface area contributed by atoms with Gasteiger partial charge < -0.3 is 4.90 Å². The van der Waals surface area contributed by atoms with Crippen molar-refractivity contribution in [1.29, 1.82) is 0 Å². The van der Waals surface area contributed by atoms with Crippen molar-refractivity contribution in [1.82, 2.24) is 4.90 Å². The lowest BCUT2D eigenvalue weighted by Crippen LogP contribution is -2.42. The molecule has 0 N–H and O–H groups in total. The summed E-state index contributed by atoms with van der Waals surface area (Å²) in [6.45, 7) is 6.56. The van der Waals surface area contributed by atoms with Crippen molar-refractivity contribution in [3.63, 3.8) is 0 Å². The van der Waals surface area contributed by atoms with Crippen molar-refractivity contribution < 1.29 is 13.2 Å². The van der Waals surface area contributed by atoms with Crippen LogP contribution in [0.2, 0.25) is 0 Å². The molecule has 1 heterocycles. The Morgan fingerprint density at radius 3 is 2.32 bits per heavy atom. The summed E-state index contributed by atoms with van der Waals surface area (Å²) < 4.78 is 24.3. The third-order valence-electron chi connectivity index (χ3n) is 6.20. The number of hydrogen-bond acceptors (Lipinski definition) is 3. The Kier molecular flexibility index (Phi) is 6.19. The van der Waals surface area contributed by atoms with E-state index < -0.39 is 9.84 Å². The van der Waals surface area contributed by atoms with Crippen molar-refractivity contribution >= 4 is 38.9 Å². The molecule has 4 nitrogen and oxygen atoms in total. The minimum atomic E-state index is -3.09. The minimum Gasteiger partial charge on any atom is -0.334 e. The molecule has 0 spiro atoms. The van der Waals surface area contributed by atoms with Crippen molar-refractivity contribution in [2.45, 2.75) is 46.2 Å². The van der Waals surface area contributed by atoms with Crippen molar-refractivity contribution in [2.24, 2.45) is 17.3 Å². The highest BCUT2D eigenvalue weighted by atomic mass is 35.5. The molecular formula is C21H27Cl2NO3S. The maximum absolute atomic E-state index is 13.5. The van der Waals surface area contributed by atoms with Gasteiger partial charge in [-0.2, -0.15) is 0 Å². The van der Waals surface area contributed by atoms with Crippen LogP contribution >= 0.6 is 23.2 Å². The van der Waals surface area contributed by atoms with Crippen LogP contribution in [0.4, 0.5) is 0 Å².